The quantitative estimate of drug-likeness (QED) is 0.216. The third kappa shape index (κ3) is 6.84. The topological polar surface area (TPSA) is 77.3 Å². The van der Waals surface area contributed by atoms with E-state index in [1.807, 2.05) is 0 Å². The van der Waals surface area contributed by atoms with Crippen molar-refractivity contribution in [3.05, 3.63) is 34.0 Å². The van der Waals surface area contributed by atoms with Gasteiger partial charge in [0.05, 0.1) is 21.2 Å². The average molecular weight is 473 g/mol. The minimum atomic E-state index is -0.403. The first-order valence-electron chi connectivity index (χ1n) is 11.2. The van der Waals surface area contributed by atoms with Crippen LogP contribution in [-0.4, -0.2) is 23.4 Å². The lowest BCUT2D eigenvalue weighted by Crippen LogP contribution is -2.02. The maximum absolute atomic E-state index is 11.3. The summed E-state index contributed by atoms with van der Waals surface area (Å²) in [5.41, 5.74) is 1.67. The summed E-state index contributed by atoms with van der Waals surface area (Å²) in [6.45, 7) is 2.74. The molecule has 8 heteroatoms. The summed E-state index contributed by atoms with van der Waals surface area (Å²) in [5, 5.41) is 8.27. The molecule has 0 spiro atoms. The van der Waals surface area contributed by atoms with E-state index in [0.717, 1.165) is 68.5 Å². The van der Waals surface area contributed by atoms with E-state index in [-0.39, 0.29) is 0 Å². The zero-order valence-corrected chi connectivity index (χ0v) is 20.1. The minimum Gasteiger partial charge on any atom is -0.318 e. The Morgan fingerprint density at radius 2 is 1.19 bits per heavy atom. The van der Waals surface area contributed by atoms with Crippen LogP contribution in [-0.2, 0) is 19.3 Å². The molecular weight excluding hydrogens is 444 g/mol. The van der Waals surface area contributed by atoms with Crippen molar-refractivity contribution in [3.8, 4) is 9.75 Å². The molecule has 2 aliphatic rings. The third-order valence-electron chi connectivity index (χ3n) is 5.57. The zero-order valence-electron chi connectivity index (χ0n) is 18.5. The van der Waals surface area contributed by atoms with Crippen LogP contribution in [0.3, 0.4) is 0 Å². The maximum Gasteiger partial charge on any atom is 0.331 e. The van der Waals surface area contributed by atoms with Crippen LogP contribution in [0.4, 0.5) is 0 Å². The number of thiophene rings is 2. The van der Waals surface area contributed by atoms with E-state index in [1.54, 1.807) is 22.7 Å². The van der Waals surface area contributed by atoms with Gasteiger partial charge < -0.3 is 9.68 Å². The van der Waals surface area contributed by atoms with Crippen molar-refractivity contribution in [1.29, 1.82) is 0 Å². The molecule has 0 amide bonds. The number of hydrogen-bond acceptors (Lipinski definition) is 8. The number of carbonyl (C=O) groups is 2. The molecule has 0 N–H and O–H groups in total. The summed E-state index contributed by atoms with van der Waals surface area (Å²) in [7, 11) is 0. The van der Waals surface area contributed by atoms with E-state index in [2.05, 4.69) is 34.6 Å². The summed E-state index contributed by atoms with van der Waals surface area (Å²) in [6, 6.07) is 8.28. The zero-order chi connectivity index (χ0) is 22.5. The van der Waals surface area contributed by atoms with Crippen LogP contribution in [0, 0.1) is 11.8 Å². The van der Waals surface area contributed by atoms with Crippen LogP contribution in [0.2, 0.25) is 0 Å². The molecule has 0 radical (unpaired) electrons. The Morgan fingerprint density at radius 3 is 1.53 bits per heavy atom. The highest BCUT2D eigenvalue weighted by Crippen LogP contribution is 2.38. The molecule has 0 atom stereocenters. The fourth-order valence-electron chi connectivity index (χ4n) is 3.41. The summed E-state index contributed by atoms with van der Waals surface area (Å²) < 4.78 is 0. The van der Waals surface area contributed by atoms with Crippen LogP contribution in [0.1, 0.15) is 75.0 Å². The Bertz CT molecular complexity index is 946. The number of hydrogen-bond donors (Lipinski definition) is 0. The van der Waals surface area contributed by atoms with Crippen molar-refractivity contribution in [2.24, 2.45) is 22.1 Å². The smallest absolute Gasteiger partial charge is 0.318 e. The van der Waals surface area contributed by atoms with Crippen molar-refractivity contribution in [1.82, 2.24) is 0 Å². The molecule has 2 saturated carbocycles. The van der Waals surface area contributed by atoms with Gasteiger partial charge in [-0.2, -0.15) is 0 Å². The van der Waals surface area contributed by atoms with Gasteiger partial charge in [0.2, 0.25) is 0 Å². The Labute approximate surface area is 196 Å². The number of rotatable bonds is 11. The molecule has 170 valence electrons. The van der Waals surface area contributed by atoms with E-state index in [1.165, 1.54) is 39.5 Å². The molecule has 2 aromatic rings. The van der Waals surface area contributed by atoms with Crippen LogP contribution in [0.5, 0.6) is 0 Å². The molecule has 0 bridgehead atoms. The van der Waals surface area contributed by atoms with Crippen molar-refractivity contribution >= 4 is 46.0 Å². The van der Waals surface area contributed by atoms with Gasteiger partial charge in [-0.3, -0.25) is 0 Å². The molecule has 0 unspecified atom stereocenters. The molecule has 2 heterocycles. The molecular formula is C24H28N2O4S2. The highest BCUT2D eigenvalue weighted by atomic mass is 32.1. The normalized spacial score (nSPS) is 16.8. The molecule has 0 aliphatic heterocycles. The Balaban J connectivity index is 1.49. The first-order chi connectivity index (χ1) is 15.5. The second kappa shape index (κ2) is 10.5. The van der Waals surface area contributed by atoms with Crippen LogP contribution < -0.4 is 0 Å². The summed E-state index contributed by atoms with van der Waals surface area (Å²) in [4.78, 5) is 36.7. The van der Waals surface area contributed by atoms with Gasteiger partial charge in [0.25, 0.3) is 0 Å². The average Bonchev–Trinajstić information content (AvgIpc) is 3.66. The maximum atomic E-state index is 11.3. The Morgan fingerprint density at radius 1 is 0.781 bits per heavy atom. The molecule has 2 fully saturated rings. The first-order valence-corrected chi connectivity index (χ1v) is 12.8. The monoisotopic (exact) mass is 472 g/mol. The second-order valence-electron chi connectivity index (χ2n) is 8.53. The fourth-order valence-corrected chi connectivity index (χ4v) is 5.53. The number of nitrogens with zero attached hydrogens (tertiary/aromatic N) is 2. The largest absolute Gasteiger partial charge is 0.331 e. The van der Waals surface area contributed by atoms with E-state index in [9.17, 15) is 9.59 Å². The van der Waals surface area contributed by atoms with Gasteiger partial charge >= 0.3 is 11.9 Å². The molecule has 2 aromatic heterocycles. The predicted molar refractivity (Wildman–Crippen MR) is 128 cm³/mol. The van der Waals surface area contributed by atoms with Gasteiger partial charge in [-0.1, -0.05) is 36.0 Å². The molecule has 2 aliphatic carbocycles. The predicted octanol–water partition coefficient (Wildman–Crippen LogP) is 6.39. The number of carbonyl (C=O) groups excluding carboxylic acids is 2. The van der Waals surface area contributed by atoms with Crippen LogP contribution in [0.25, 0.3) is 9.75 Å². The van der Waals surface area contributed by atoms with Crippen molar-refractivity contribution in [3.63, 3.8) is 0 Å². The highest BCUT2D eigenvalue weighted by Gasteiger charge is 2.24. The van der Waals surface area contributed by atoms with Crippen molar-refractivity contribution in [2.75, 3.05) is 0 Å². The molecule has 0 aromatic carbocycles. The first kappa shape index (κ1) is 22.9. The summed E-state index contributed by atoms with van der Waals surface area (Å²) in [6.07, 6.45) is 8.92. The standard InChI is InChI=1S/C24H28N2O4S2/c1-15(27)29-25-19(9-7-17-3-4-17)21-11-13-23(31-21)24-14-12-22(32-24)20(26-30-16(2)28)10-8-18-5-6-18/h11-14,17-18H,3-10H2,1-2H3/b25-19-,26-20+. The van der Waals surface area contributed by atoms with E-state index >= 15 is 0 Å². The van der Waals surface area contributed by atoms with Gasteiger partial charge in [0, 0.05) is 23.6 Å². The van der Waals surface area contributed by atoms with Gasteiger partial charge in [-0.25, -0.2) is 9.59 Å². The Hall–Kier alpha value is -2.32. The lowest BCUT2D eigenvalue weighted by molar-refractivity contribution is -0.141. The Kier molecular flexibility index (Phi) is 7.52. The highest BCUT2D eigenvalue weighted by molar-refractivity contribution is 7.24. The van der Waals surface area contributed by atoms with E-state index in [0.29, 0.717) is 0 Å². The lowest BCUT2D eigenvalue weighted by Gasteiger charge is -2.03. The van der Waals surface area contributed by atoms with Gasteiger partial charge in [-0.05, 0) is 61.8 Å². The van der Waals surface area contributed by atoms with E-state index in [4.69, 9.17) is 9.68 Å². The minimum absolute atomic E-state index is 0.403. The fraction of sp³-hybridized carbons (Fsp3) is 0.500. The van der Waals surface area contributed by atoms with Gasteiger partial charge in [-0.15, -0.1) is 22.7 Å². The SMILES string of the molecule is CC(=O)O/N=C(/CCC1CC1)c1ccc(-c2ccc(/C(CCC3CC3)=N/OC(C)=O)s2)s1. The van der Waals surface area contributed by atoms with E-state index < -0.39 is 11.9 Å². The molecule has 32 heavy (non-hydrogen) atoms. The summed E-state index contributed by atoms with van der Waals surface area (Å²) >= 11 is 3.30. The second-order valence-corrected chi connectivity index (χ2v) is 10.7. The lowest BCUT2D eigenvalue weighted by atomic mass is 10.1. The molecule has 0 saturated heterocycles. The van der Waals surface area contributed by atoms with Gasteiger partial charge in [0.1, 0.15) is 0 Å². The van der Waals surface area contributed by atoms with Gasteiger partial charge in [0.15, 0.2) is 0 Å². The van der Waals surface area contributed by atoms with Crippen LogP contribution in [0.15, 0.2) is 34.6 Å². The van der Waals surface area contributed by atoms with Crippen LogP contribution >= 0.6 is 22.7 Å². The third-order valence-corrected chi connectivity index (χ3v) is 8.03. The number of oxime groups is 2. The molecule has 6 nitrogen and oxygen atoms in total. The van der Waals surface area contributed by atoms with Crippen molar-refractivity contribution < 1.29 is 19.3 Å². The summed E-state index contributed by atoms with van der Waals surface area (Å²) in [5.74, 6) is 0.753. The molecule has 4 rings (SSSR count). The van der Waals surface area contributed by atoms with Crippen molar-refractivity contribution in [2.45, 2.75) is 65.2 Å².